The molecule has 1 aromatic rings. The summed E-state index contributed by atoms with van der Waals surface area (Å²) in [5.41, 5.74) is 1.71. The molecule has 1 unspecified atom stereocenters. The Morgan fingerprint density at radius 2 is 1.84 bits per heavy atom. The third kappa shape index (κ3) is 3.47. The minimum absolute atomic E-state index is 0.101. The fourth-order valence-corrected chi connectivity index (χ4v) is 2.44. The van der Waals surface area contributed by atoms with Crippen LogP contribution in [0.4, 0.5) is 5.69 Å². The Bertz CT molecular complexity index is 428. The summed E-state index contributed by atoms with van der Waals surface area (Å²) in [6.45, 7) is 0. The molecule has 0 saturated heterocycles. The van der Waals surface area contributed by atoms with Crippen LogP contribution in [0.1, 0.15) is 36.0 Å². The van der Waals surface area contributed by atoms with E-state index in [0.717, 1.165) is 31.4 Å². The molecule has 1 amide bonds. The number of carbonyl (C=O) groups excluding carboxylic acids is 1. The first kappa shape index (κ1) is 13.9. The van der Waals surface area contributed by atoms with Crippen molar-refractivity contribution >= 4 is 11.6 Å². The first-order chi connectivity index (χ1) is 9.08. The Balaban J connectivity index is 1.99. The second-order valence-electron chi connectivity index (χ2n) is 5.37. The summed E-state index contributed by atoms with van der Waals surface area (Å²) in [7, 11) is 3.93. The van der Waals surface area contributed by atoms with Gasteiger partial charge in [0.25, 0.3) is 5.91 Å². The zero-order valence-corrected chi connectivity index (χ0v) is 11.6. The quantitative estimate of drug-likeness (QED) is 0.873. The SMILES string of the molecule is CN(C)c1ccc(C(=O)NC2CCCC[C@@H]2O)cc1. The van der Waals surface area contributed by atoms with E-state index in [0.29, 0.717) is 5.56 Å². The van der Waals surface area contributed by atoms with Crippen molar-refractivity contribution in [3.63, 3.8) is 0 Å². The van der Waals surface area contributed by atoms with Crippen molar-refractivity contribution in [1.82, 2.24) is 5.32 Å². The van der Waals surface area contributed by atoms with Gasteiger partial charge in [-0.3, -0.25) is 4.79 Å². The van der Waals surface area contributed by atoms with Crippen LogP contribution < -0.4 is 10.2 Å². The Hall–Kier alpha value is -1.55. The van der Waals surface area contributed by atoms with Crippen LogP contribution in [-0.4, -0.2) is 37.3 Å². The summed E-state index contributed by atoms with van der Waals surface area (Å²) < 4.78 is 0. The van der Waals surface area contributed by atoms with Crippen molar-refractivity contribution in [2.24, 2.45) is 0 Å². The number of anilines is 1. The molecule has 4 heteroatoms. The molecule has 0 bridgehead atoms. The van der Waals surface area contributed by atoms with Crippen LogP contribution in [0.25, 0.3) is 0 Å². The van der Waals surface area contributed by atoms with Crippen LogP contribution in [0.2, 0.25) is 0 Å². The summed E-state index contributed by atoms with van der Waals surface area (Å²) in [5, 5.41) is 12.8. The number of aliphatic hydroxyl groups excluding tert-OH is 1. The van der Waals surface area contributed by atoms with Crippen LogP contribution >= 0.6 is 0 Å². The normalized spacial score (nSPS) is 22.9. The molecule has 104 valence electrons. The molecule has 0 radical (unpaired) electrons. The maximum Gasteiger partial charge on any atom is 0.251 e. The number of hydrogen-bond donors (Lipinski definition) is 2. The molecule has 1 fully saturated rings. The fourth-order valence-electron chi connectivity index (χ4n) is 2.44. The highest BCUT2D eigenvalue weighted by atomic mass is 16.3. The standard InChI is InChI=1S/C15H22N2O2/c1-17(2)12-9-7-11(8-10-12)15(19)16-13-5-3-4-6-14(13)18/h7-10,13-14,18H,3-6H2,1-2H3,(H,16,19)/t13?,14-/m0/s1. The van der Waals surface area contributed by atoms with Crippen molar-refractivity contribution in [1.29, 1.82) is 0 Å². The third-order valence-corrected chi connectivity index (χ3v) is 3.69. The van der Waals surface area contributed by atoms with Crippen LogP contribution in [0.15, 0.2) is 24.3 Å². The van der Waals surface area contributed by atoms with Crippen molar-refractivity contribution in [3.05, 3.63) is 29.8 Å². The summed E-state index contributed by atoms with van der Waals surface area (Å²) >= 11 is 0. The van der Waals surface area contributed by atoms with Gasteiger partial charge in [-0.25, -0.2) is 0 Å². The van der Waals surface area contributed by atoms with Gasteiger partial charge in [-0.05, 0) is 37.1 Å². The van der Waals surface area contributed by atoms with Gasteiger partial charge in [0.15, 0.2) is 0 Å². The number of hydrogen-bond acceptors (Lipinski definition) is 3. The Labute approximate surface area is 114 Å². The van der Waals surface area contributed by atoms with Gasteiger partial charge in [0, 0.05) is 25.3 Å². The van der Waals surface area contributed by atoms with Crippen LogP contribution in [-0.2, 0) is 0 Å². The molecular weight excluding hydrogens is 240 g/mol. The molecule has 0 spiro atoms. The molecule has 1 aliphatic rings. The second-order valence-corrected chi connectivity index (χ2v) is 5.37. The highest BCUT2D eigenvalue weighted by Gasteiger charge is 2.24. The van der Waals surface area contributed by atoms with Gasteiger partial charge in [-0.1, -0.05) is 12.8 Å². The number of aliphatic hydroxyl groups is 1. The highest BCUT2D eigenvalue weighted by Crippen LogP contribution is 2.19. The van der Waals surface area contributed by atoms with E-state index in [4.69, 9.17) is 0 Å². The topological polar surface area (TPSA) is 52.6 Å². The first-order valence-corrected chi connectivity index (χ1v) is 6.84. The number of nitrogens with zero attached hydrogens (tertiary/aromatic N) is 1. The van der Waals surface area contributed by atoms with Gasteiger partial charge in [0.1, 0.15) is 0 Å². The molecule has 1 aromatic carbocycles. The minimum Gasteiger partial charge on any atom is -0.391 e. The molecule has 2 atom stereocenters. The zero-order chi connectivity index (χ0) is 13.8. The summed E-state index contributed by atoms with van der Waals surface area (Å²) in [6, 6.07) is 7.38. The van der Waals surface area contributed by atoms with E-state index in [1.54, 1.807) is 0 Å². The Morgan fingerprint density at radius 3 is 2.42 bits per heavy atom. The predicted molar refractivity (Wildman–Crippen MR) is 76.5 cm³/mol. The predicted octanol–water partition coefficient (Wildman–Crippen LogP) is 1.79. The lowest BCUT2D eigenvalue weighted by Gasteiger charge is -2.28. The smallest absolute Gasteiger partial charge is 0.251 e. The molecule has 4 nitrogen and oxygen atoms in total. The van der Waals surface area contributed by atoms with Gasteiger partial charge in [0.2, 0.25) is 0 Å². The largest absolute Gasteiger partial charge is 0.391 e. The number of nitrogens with one attached hydrogen (secondary N) is 1. The molecule has 0 heterocycles. The monoisotopic (exact) mass is 262 g/mol. The summed E-state index contributed by atoms with van der Waals surface area (Å²) in [6.07, 6.45) is 3.36. The molecule has 19 heavy (non-hydrogen) atoms. The van der Waals surface area contributed by atoms with E-state index in [-0.39, 0.29) is 11.9 Å². The van der Waals surface area contributed by atoms with Gasteiger partial charge >= 0.3 is 0 Å². The van der Waals surface area contributed by atoms with E-state index in [1.165, 1.54) is 0 Å². The molecule has 0 aromatic heterocycles. The van der Waals surface area contributed by atoms with E-state index < -0.39 is 6.10 Å². The number of carbonyl (C=O) groups is 1. The van der Waals surface area contributed by atoms with Gasteiger partial charge in [-0.15, -0.1) is 0 Å². The lowest BCUT2D eigenvalue weighted by Crippen LogP contribution is -2.45. The summed E-state index contributed by atoms with van der Waals surface area (Å²) in [5.74, 6) is -0.101. The number of rotatable bonds is 3. The Morgan fingerprint density at radius 1 is 1.21 bits per heavy atom. The van der Waals surface area contributed by atoms with E-state index in [9.17, 15) is 9.90 Å². The third-order valence-electron chi connectivity index (χ3n) is 3.69. The highest BCUT2D eigenvalue weighted by molar-refractivity contribution is 5.94. The van der Waals surface area contributed by atoms with Crippen LogP contribution in [0, 0.1) is 0 Å². The first-order valence-electron chi connectivity index (χ1n) is 6.84. The lowest BCUT2D eigenvalue weighted by atomic mass is 9.92. The van der Waals surface area contributed by atoms with E-state index in [1.807, 2.05) is 43.3 Å². The molecular formula is C15H22N2O2. The molecule has 1 saturated carbocycles. The summed E-state index contributed by atoms with van der Waals surface area (Å²) in [4.78, 5) is 14.1. The van der Waals surface area contributed by atoms with Crippen LogP contribution in [0.5, 0.6) is 0 Å². The maximum atomic E-state index is 12.1. The maximum absolute atomic E-state index is 12.1. The van der Waals surface area contributed by atoms with Crippen molar-refractivity contribution in [3.8, 4) is 0 Å². The van der Waals surface area contributed by atoms with Crippen LogP contribution in [0.3, 0.4) is 0 Å². The van der Waals surface area contributed by atoms with Gasteiger partial charge in [-0.2, -0.15) is 0 Å². The molecule has 2 rings (SSSR count). The molecule has 0 aliphatic heterocycles. The van der Waals surface area contributed by atoms with Gasteiger partial charge in [0.05, 0.1) is 12.1 Å². The van der Waals surface area contributed by atoms with Crippen molar-refractivity contribution in [2.75, 3.05) is 19.0 Å². The van der Waals surface area contributed by atoms with E-state index >= 15 is 0 Å². The molecule has 2 N–H and O–H groups in total. The Kier molecular flexibility index (Phi) is 4.43. The molecule has 1 aliphatic carbocycles. The number of benzene rings is 1. The second kappa shape index (κ2) is 6.06. The van der Waals surface area contributed by atoms with Gasteiger partial charge < -0.3 is 15.3 Å². The average molecular weight is 262 g/mol. The van der Waals surface area contributed by atoms with E-state index in [2.05, 4.69) is 5.32 Å². The number of amides is 1. The van der Waals surface area contributed by atoms with Crippen molar-refractivity contribution in [2.45, 2.75) is 37.8 Å². The van der Waals surface area contributed by atoms with Crippen molar-refractivity contribution < 1.29 is 9.90 Å². The minimum atomic E-state index is -0.404. The lowest BCUT2D eigenvalue weighted by molar-refractivity contribution is 0.0717. The fraction of sp³-hybridized carbons (Fsp3) is 0.533. The zero-order valence-electron chi connectivity index (χ0n) is 11.6. The average Bonchev–Trinajstić information content (AvgIpc) is 2.41.